The SMILES string of the molecule is CCNC[C@@](C)(O)c1ccc(-c2ccc(C3CNCN3)cc2)cc1. The van der Waals surface area contributed by atoms with Gasteiger partial charge in [0.15, 0.2) is 0 Å². The topological polar surface area (TPSA) is 56.3 Å². The van der Waals surface area contributed by atoms with E-state index in [4.69, 9.17) is 0 Å². The second-order valence-corrected chi connectivity index (χ2v) is 6.64. The van der Waals surface area contributed by atoms with E-state index in [0.717, 1.165) is 25.3 Å². The van der Waals surface area contributed by atoms with Crippen LogP contribution in [-0.4, -0.2) is 31.4 Å². The van der Waals surface area contributed by atoms with Crippen LogP contribution in [0.1, 0.15) is 31.0 Å². The first kappa shape index (κ1) is 17.1. The summed E-state index contributed by atoms with van der Waals surface area (Å²) in [6.07, 6.45) is 0. The van der Waals surface area contributed by atoms with Crippen LogP contribution in [0.2, 0.25) is 0 Å². The van der Waals surface area contributed by atoms with Crippen molar-refractivity contribution in [1.82, 2.24) is 16.0 Å². The Kier molecular flexibility index (Phi) is 5.31. The largest absolute Gasteiger partial charge is 0.384 e. The molecule has 4 N–H and O–H groups in total. The monoisotopic (exact) mass is 325 g/mol. The maximum atomic E-state index is 10.6. The molecule has 1 heterocycles. The van der Waals surface area contributed by atoms with Gasteiger partial charge in [0.25, 0.3) is 0 Å². The Bertz CT molecular complexity index is 644. The van der Waals surface area contributed by atoms with E-state index >= 15 is 0 Å². The predicted molar refractivity (Wildman–Crippen MR) is 98.7 cm³/mol. The molecule has 4 nitrogen and oxygen atoms in total. The molecule has 0 radical (unpaired) electrons. The fraction of sp³-hybridized carbons (Fsp3) is 0.400. The second kappa shape index (κ2) is 7.45. The molecule has 0 amide bonds. The highest BCUT2D eigenvalue weighted by Gasteiger charge is 2.22. The maximum absolute atomic E-state index is 10.6. The molecule has 24 heavy (non-hydrogen) atoms. The summed E-state index contributed by atoms with van der Waals surface area (Å²) in [4.78, 5) is 0. The molecular weight excluding hydrogens is 298 g/mol. The molecule has 0 saturated carbocycles. The molecule has 3 rings (SSSR count). The van der Waals surface area contributed by atoms with Gasteiger partial charge in [0.1, 0.15) is 0 Å². The predicted octanol–water partition coefficient (Wildman–Crippen LogP) is 2.36. The second-order valence-electron chi connectivity index (χ2n) is 6.64. The Labute approximate surface area is 144 Å². The molecule has 0 aliphatic carbocycles. The molecule has 0 aromatic heterocycles. The highest BCUT2D eigenvalue weighted by Crippen LogP contribution is 2.26. The van der Waals surface area contributed by atoms with Gasteiger partial charge in [-0.15, -0.1) is 0 Å². The molecule has 1 unspecified atom stereocenters. The number of aliphatic hydroxyl groups is 1. The number of benzene rings is 2. The summed E-state index contributed by atoms with van der Waals surface area (Å²) in [6.45, 7) is 7.16. The van der Waals surface area contributed by atoms with Gasteiger partial charge in [0.2, 0.25) is 0 Å². The Morgan fingerprint density at radius 1 is 1.08 bits per heavy atom. The molecule has 4 heteroatoms. The molecule has 1 fully saturated rings. The van der Waals surface area contributed by atoms with E-state index < -0.39 is 5.60 Å². The van der Waals surface area contributed by atoms with Crippen LogP contribution in [0, 0.1) is 0 Å². The Hall–Kier alpha value is -1.72. The van der Waals surface area contributed by atoms with E-state index in [1.165, 1.54) is 16.7 Å². The van der Waals surface area contributed by atoms with Crippen LogP contribution < -0.4 is 16.0 Å². The van der Waals surface area contributed by atoms with E-state index in [1.807, 2.05) is 26.0 Å². The van der Waals surface area contributed by atoms with E-state index in [2.05, 4.69) is 52.3 Å². The molecule has 2 aromatic rings. The van der Waals surface area contributed by atoms with Gasteiger partial charge >= 0.3 is 0 Å². The first-order valence-electron chi connectivity index (χ1n) is 8.68. The Balaban J connectivity index is 1.73. The van der Waals surface area contributed by atoms with Crippen molar-refractivity contribution in [2.45, 2.75) is 25.5 Å². The number of hydrogen-bond acceptors (Lipinski definition) is 4. The molecular formula is C20H27N3O. The molecule has 128 valence electrons. The molecule has 0 spiro atoms. The van der Waals surface area contributed by atoms with Crippen molar-refractivity contribution in [3.8, 4) is 11.1 Å². The molecule has 2 atom stereocenters. The van der Waals surface area contributed by atoms with Crippen LogP contribution in [-0.2, 0) is 5.60 Å². The van der Waals surface area contributed by atoms with E-state index in [9.17, 15) is 5.11 Å². The minimum Gasteiger partial charge on any atom is -0.384 e. The lowest BCUT2D eigenvalue weighted by atomic mass is 9.93. The van der Waals surface area contributed by atoms with Gasteiger partial charge in [0.05, 0.1) is 5.60 Å². The van der Waals surface area contributed by atoms with Gasteiger partial charge in [-0.25, -0.2) is 0 Å². The van der Waals surface area contributed by atoms with Crippen LogP contribution in [0.4, 0.5) is 0 Å². The average molecular weight is 325 g/mol. The third kappa shape index (κ3) is 3.84. The summed E-state index contributed by atoms with van der Waals surface area (Å²) >= 11 is 0. The summed E-state index contributed by atoms with van der Waals surface area (Å²) in [5.41, 5.74) is 3.77. The Morgan fingerprint density at radius 3 is 2.25 bits per heavy atom. The normalized spacial score (nSPS) is 20.0. The molecule has 2 aromatic carbocycles. The van der Waals surface area contributed by atoms with E-state index in [-0.39, 0.29) is 0 Å². The van der Waals surface area contributed by atoms with Crippen LogP contribution in [0.15, 0.2) is 48.5 Å². The van der Waals surface area contributed by atoms with Crippen molar-refractivity contribution in [1.29, 1.82) is 0 Å². The third-order valence-corrected chi connectivity index (χ3v) is 4.69. The molecule has 1 aliphatic rings. The summed E-state index contributed by atoms with van der Waals surface area (Å²) in [6, 6.07) is 17.3. The zero-order chi connectivity index (χ0) is 17.0. The zero-order valence-corrected chi connectivity index (χ0v) is 14.5. The highest BCUT2D eigenvalue weighted by molar-refractivity contribution is 5.64. The number of nitrogens with one attached hydrogen (secondary N) is 3. The first-order valence-corrected chi connectivity index (χ1v) is 8.68. The van der Waals surface area contributed by atoms with Crippen molar-refractivity contribution in [2.75, 3.05) is 26.3 Å². The van der Waals surface area contributed by atoms with Gasteiger partial charge in [-0.3, -0.25) is 5.32 Å². The van der Waals surface area contributed by atoms with Crippen LogP contribution in [0.5, 0.6) is 0 Å². The smallest absolute Gasteiger partial charge is 0.0992 e. The molecule has 0 bridgehead atoms. The number of rotatable bonds is 6. The summed E-state index contributed by atoms with van der Waals surface area (Å²) < 4.78 is 0. The van der Waals surface area contributed by atoms with Crippen LogP contribution in [0.25, 0.3) is 11.1 Å². The van der Waals surface area contributed by atoms with Crippen molar-refractivity contribution in [3.05, 3.63) is 59.7 Å². The van der Waals surface area contributed by atoms with Crippen LogP contribution >= 0.6 is 0 Å². The lowest BCUT2D eigenvalue weighted by Crippen LogP contribution is -2.35. The minimum absolute atomic E-state index is 0.405. The fourth-order valence-electron chi connectivity index (χ4n) is 3.12. The van der Waals surface area contributed by atoms with Gasteiger partial charge in [0, 0.05) is 25.8 Å². The van der Waals surface area contributed by atoms with Crippen molar-refractivity contribution in [3.63, 3.8) is 0 Å². The molecule has 1 saturated heterocycles. The lowest BCUT2D eigenvalue weighted by Gasteiger charge is -2.24. The number of hydrogen-bond donors (Lipinski definition) is 4. The van der Waals surface area contributed by atoms with Crippen molar-refractivity contribution in [2.24, 2.45) is 0 Å². The van der Waals surface area contributed by atoms with Gasteiger partial charge in [-0.2, -0.15) is 0 Å². The summed E-state index contributed by atoms with van der Waals surface area (Å²) in [5, 5.41) is 20.5. The quantitative estimate of drug-likeness (QED) is 0.659. The summed E-state index contributed by atoms with van der Waals surface area (Å²) in [7, 11) is 0. The number of likely N-dealkylation sites (N-methyl/N-ethyl adjacent to an activating group) is 1. The Morgan fingerprint density at radius 2 is 1.71 bits per heavy atom. The van der Waals surface area contributed by atoms with Gasteiger partial charge in [-0.1, -0.05) is 55.5 Å². The standard InChI is InChI=1S/C20H27N3O/c1-3-21-13-20(2,24)18-10-8-16(9-11-18)15-4-6-17(7-5-15)19-12-22-14-23-19/h4-11,19,21-24H,3,12-14H2,1-2H3/t19?,20-/m1/s1. The van der Waals surface area contributed by atoms with Crippen LogP contribution in [0.3, 0.4) is 0 Å². The van der Waals surface area contributed by atoms with Gasteiger partial charge < -0.3 is 15.7 Å². The average Bonchev–Trinajstić information content (AvgIpc) is 3.15. The fourth-order valence-corrected chi connectivity index (χ4v) is 3.12. The lowest BCUT2D eigenvalue weighted by molar-refractivity contribution is 0.0576. The highest BCUT2D eigenvalue weighted by atomic mass is 16.3. The van der Waals surface area contributed by atoms with E-state index in [1.54, 1.807) is 0 Å². The first-order chi connectivity index (χ1) is 11.6. The minimum atomic E-state index is -0.848. The zero-order valence-electron chi connectivity index (χ0n) is 14.5. The van der Waals surface area contributed by atoms with E-state index in [0.29, 0.717) is 12.6 Å². The van der Waals surface area contributed by atoms with Gasteiger partial charge in [-0.05, 0) is 35.7 Å². The van der Waals surface area contributed by atoms with Crippen molar-refractivity contribution < 1.29 is 5.11 Å². The third-order valence-electron chi connectivity index (χ3n) is 4.69. The summed E-state index contributed by atoms with van der Waals surface area (Å²) in [5.74, 6) is 0. The maximum Gasteiger partial charge on any atom is 0.0992 e. The van der Waals surface area contributed by atoms with Crippen molar-refractivity contribution >= 4 is 0 Å². The molecule has 1 aliphatic heterocycles.